The van der Waals surface area contributed by atoms with Crippen LogP contribution in [-0.2, 0) is 24.0 Å². The zero-order chi connectivity index (χ0) is 28.1. The molecule has 0 heterocycles. The number of anilines is 2. The normalized spacial score (nSPS) is 12.3. The van der Waals surface area contributed by atoms with Gasteiger partial charge in [-0.15, -0.1) is 0 Å². The summed E-state index contributed by atoms with van der Waals surface area (Å²) < 4.78 is 0. The van der Waals surface area contributed by atoms with Crippen molar-refractivity contribution in [2.75, 3.05) is 24.2 Å². The van der Waals surface area contributed by atoms with E-state index in [2.05, 4.69) is 26.6 Å². The van der Waals surface area contributed by atoms with Gasteiger partial charge < -0.3 is 31.4 Å². The Labute approximate surface area is 217 Å². The van der Waals surface area contributed by atoms with Crippen molar-refractivity contribution in [2.45, 2.75) is 72.4 Å². The van der Waals surface area contributed by atoms with Gasteiger partial charge >= 0.3 is 0 Å². The van der Waals surface area contributed by atoms with Gasteiger partial charge in [-0.2, -0.15) is 0 Å². The van der Waals surface area contributed by atoms with Crippen molar-refractivity contribution in [1.82, 2.24) is 16.0 Å². The first kappa shape index (κ1) is 31.4. The summed E-state index contributed by atoms with van der Waals surface area (Å²) in [5, 5.41) is 13.6. The smallest absolute Gasteiger partial charge is 0.252 e. The maximum absolute atomic E-state index is 13.1. The Morgan fingerprint density at radius 2 is 1.35 bits per heavy atom. The van der Waals surface area contributed by atoms with Gasteiger partial charge in [0.1, 0.15) is 11.8 Å². The van der Waals surface area contributed by atoms with E-state index < -0.39 is 29.8 Å². The number of benzene rings is 1. The molecule has 4 amide bonds. The van der Waals surface area contributed by atoms with Crippen LogP contribution in [0.15, 0.2) is 18.2 Å². The summed E-state index contributed by atoms with van der Waals surface area (Å²) >= 11 is 0. The number of ketones is 2. The fourth-order valence-corrected chi connectivity index (χ4v) is 3.23. The summed E-state index contributed by atoms with van der Waals surface area (Å²) in [6.07, 6.45) is 0.912. The van der Waals surface area contributed by atoms with E-state index in [1.807, 2.05) is 0 Å². The molecule has 204 valence electrons. The topological polar surface area (TPSA) is 163 Å². The van der Waals surface area contributed by atoms with Gasteiger partial charge in [-0.05, 0) is 64.9 Å². The molecule has 0 fully saturated rings. The lowest BCUT2D eigenvalue weighted by atomic mass is 10.0. The van der Waals surface area contributed by atoms with Gasteiger partial charge in [-0.3, -0.25) is 24.0 Å². The average molecular weight is 518 g/mol. The van der Waals surface area contributed by atoms with Crippen LogP contribution >= 0.6 is 0 Å². The highest BCUT2D eigenvalue weighted by Crippen LogP contribution is 2.21. The van der Waals surface area contributed by atoms with Crippen LogP contribution in [0.4, 0.5) is 11.4 Å². The first-order valence-electron chi connectivity index (χ1n) is 12.3. The first-order chi connectivity index (χ1) is 17.3. The number of amides is 4. The van der Waals surface area contributed by atoms with Crippen molar-refractivity contribution in [3.05, 3.63) is 23.8 Å². The first-order valence-corrected chi connectivity index (χ1v) is 12.3. The van der Waals surface area contributed by atoms with E-state index in [4.69, 9.17) is 0 Å². The molecule has 2 atom stereocenters. The fraction of sp³-hybridized carbons (Fsp3) is 0.538. The molecule has 0 aliphatic heterocycles. The molecule has 37 heavy (non-hydrogen) atoms. The van der Waals surface area contributed by atoms with Gasteiger partial charge in [-0.1, -0.05) is 13.8 Å². The van der Waals surface area contributed by atoms with Crippen molar-refractivity contribution in [3.63, 3.8) is 0 Å². The van der Waals surface area contributed by atoms with Crippen molar-refractivity contribution in [3.8, 4) is 0 Å². The molecule has 1 aromatic rings. The molecule has 11 nitrogen and oxygen atoms in total. The molecule has 0 unspecified atom stereocenters. The van der Waals surface area contributed by atoms with Crippen molar-refractivity contribution < 1.29 is 28.8 Å². The Balaban J connectivity index is 3.18. The van der Waals surface area contributed by atoms with E-state index in [1.165, 1.54) is 32.0 Å². The third-order valence-electron chi connectivity index (χ3n) is 5.50. The molecular formula is C26H39N5O6. The molecule has 11 heteroatoms. The molecule has 0 saturated carbocycles. The third kappa shape index (κ3) is 11.8. The lowest BCUT2D eigenvalue weighted by Crippen LogP contribution is -2.52. The number of hydrogen-bond acceptors (Lipinski definition) is 7. The zero-order valence-electron chi connectivity index (χ0n) is 22.4. The van der Waals surface area contributed by atoms with Crippen molar-refractivity contribution in [2.24, 2.45) is 5.92 Å². The van der Waals surface area contributed by atoms with Crippen LogP contribution in [0.25, 0.3) is 0 Å². The standard InChI is InChI=1S/C26H39N5O6/c1-15(2)24(26(37)28-17(4)18(5)33)31-25(36)19-12-20(29-22(34)8-7-11-27-6)14-21(13-19)30-23(35)10-9-16(3)32/h12-15,17,24,27H,7-11H2,1-6H3,(H,28,37)(H,29,34)(H,30,35)(H,31,36)/t17-,24-/m0/s1. The molecule has 0 radical (unpaired) electrons. The van der Waals surface area contributed by atoms with Gasteiger partial charge in [0.2, 0.25) is 17.7 Å². The molecule has 0 spiro atoms. The predicted molar refractivity (Wildman–Crippen MR) is 141 cm³/mol. The summed E-state index contributed by atoms with van der Waals surface area (Å²) in [5.41, 5.74) is 0.648. The Morgan fingerprint density at radius 1 is 0.784 bits per heavy atom. The van der Waals surface area contributed by atoms with Gasteiger partial charge in [0.05, 0.1) is 6.04 Å². The Hall–Kier alpha value is -3.60. The highest BCUT2D eigenvalue weighted by atomic mass is 16.2. The maximum atomic E-state index is 13.1. The minimum Gasteiger partial charge on any atom is -0.345 e. The number of Topliss-reactive ketones (excluding diaryl/α,β-unsaturated/α-hetero) is 2. The molecule has 1 aromatic carbocycles. The third-order valence-corrected chi connectivity index (χ3v) is 5.50. The van der Waals surface area contributed by atoms with E-state index in [9.17, 15) is 28.8 Å². The lowest BCUT2D eigenvalue weighted by Gasteiger charge is -2.23. The number of carbonyl (C=O) groups excluding carboxylic acids is 6. The van der Waals surface area contributed by atoms with Crippen molar-refractivity contribution >= 4 is 46.6 Å². The van der Waals surface area contributed by atoms with Gasteiger partial charge in [0, 0.05) is 36.2 Å². The SMILES string of the molecule is CNCCCC(=O)Nc1cc(NC(=O)CCC(C)=O)cc(C(=O)N[C@H](C(=O)N[C@@H](C)C(C)=O)C(C)C)c1. The maximum Gasteiger partial charge on any atom is 0.252 e. The number of nitrogens with one attached hydrogen (secondary N) is 5. The zero-order valence-corrected chi connectivity index (χ0v) is 22.4. The molecule has 5 N–H and O–H groups in total. The molecular weight excluding hydrogens is 478 g/mol. The minimum absolute atomic E-state index is 0.0264. The monoisotopic (exact) mass is 517 g/mol. The van der Waals surface area contributed by atoms with Crippen LogP contribution < -0.4 is 26.6 Å². The number of carbonyl (C=O) groups is 6. The second-order valence-corrected chi connectivity index (χ2v) is 9.34. The van der Waals surface area contributed by atoms with Crippen molar-refractivity contribution in [1.29, 1.82) is 0 Å². The largest absolute Gasteiger partial charge is 0.345 e. The summed E-state index contributed by atoms with van der Waals surface area (Å²) in [6.45, 7) is 8.48. The van der Waals surface area contributed by atoms with Gasteiger partial charge in [-0.25, -0.2) is 0 Å². The Bertz CT molecular complexity index is 1010. The van der Waals surface area contributed by atoms with Gasteiger partial charge in [0.15, 0.2) is 5.78 Å². The van der Waals surface area contributed by atoms with Crippen LogP contribution in [0, 0.1) is 5.92 Å². The van der Waals surface area contributed by atoms with Gasteiger partial charge in [0.25, 0.3) is 5.91 Å². The fourth-order valence-electron chi connectivity index (χ4n) is 3.23. The highest BCUT2D eigenvalue weighted by Gasteiger charge is 2.27. The van der Waals surface area contributed by atoms with Crippen LogP contribution in [0.2, 0.25) is 0 Å². The molecule has 0 aromatic heterocycles. The highest BCUT2D eigenvalue weighted by molar-refractivity contribution is 6.02. The van der Waals surface area contributed by atoms with Crippen LogP contribution in [0.1, 0.15) is 70.7 Å². The van der Waals surface area contributed by atoms with Crippen LogP contribution in [-0.4, -0.2) is 60.9 Å². The molecule has 1 rings (SSSR count). The molecule has 0 bridgehead atoms. The Kier molecular flexibility index (Phi) is 13.2. The van der Waals surface area contributed by atoms with E-state index in [0.717, 1.165) is 0 Å². The predicted octanol–water partition coefficient (Wildman–Crippen LogP) is 1.78. The molecule has 0 aliphatic carbocycles. The molecule has 0 saturated heterocycles. The average Bonchev–Trinajstić information content (AvgIpc) is 2.80. The van der Waals surface area contributed by atoms with E-state index in [1.54, 1.807) is 27.8 Å². The summed E-state index contributed by atoms with van der Waals surface area (Å²) in [5.74, 6) is -2.42. The molecule has 0 aliphatic rings. The van der Waals surface area contributed by atoms with Crippen LogP contribution in [0.3, 0.4) is 0 Å². The van der Waals surface area contributed by atoms with E-state index >= 15 is 0 Å². The summed E-state index contributed by atoms with van der Waals surface area (Å²) in [7, 11) is 1.78. The second-order valence-electron chi connectivity index (χ2n) is 9.34. The summed E-state index contributed by atoms with van der Waals surface area (Å²) in [4.78, 5) is 73.2. The quantitative estimate of drug-likeness (QED) is 0.221. The lowest BCUT2D eigenvalue weighted by molar-refractivity contribution is -0.128. The van der Waals surface area contributed by atoms with E-state index in [-0.39, 0.29) is 53.9 Å². The number of hydrogen-bond donors (Lipinski definition) is 5. The van der Waals surface area contributed by atoms with E-state index in [0.29, 0.717) is 18.7 Å². The van der Waals surface area contributed by atoms with Crippen LogP contribution in [0.5, 0.6) is 0 Å². The Morgan fingerprint density at radius 3 is 1.84 bits per heavy atom. The minimum atomic E-state index is -0.928. The second kappa shape index (κ2) is 15.5. The number of rotatable bonds is 15. The summed E-state index contributed by atoms with van der Waals surface area (Å²) in [6, 6.07) is 2.75.